The second kappa shape index (κ2) is 12.9. The number of nitrogens with one attached hydrogen (secondary N) is 2. The van der Waals surface area contributed by atoms with Crippen molar-refractivity contribution in [3.63, 3.8) is 0 Å². The quantitative estimate of drug-likeness (QED) is 0.118. The summed E-state index contributed by atoms with van der Waals surface area (Å²) in [5.41, 5.74) is 2.57. The number of benzene rings is 4. The van der Waals surface area contributed by atoms with Gasteiger partial charge >= 0.3 is 0 Å². The molecule has 43 heavy (non-hydrogen) atoms. The molecule has 1 aliphatic heterocycles. The first-order valence-corrected chi connectivity index (χ1v) is 13.6. The van der Waals surface area contributed by atoms with Gasteiger partial charge in [-0.15, -0.1) is 0 Å². The third kappa shape index (κ3) is 6.35. The molecule has 4 aromatic rings. The molecule has 0 aromatic heterocycles. The largest absolute Gasteiger partial charge is 0.492 e. The summed E-state index contributed by atoms with van der Waals surface area (Å²) in [7, 11) is 0. The molecule has 0 fully saturated rings. The van der Waals surface area contributed by atoms with Crippen molar-refractivity contribution in [1.82, 2.24) is 0 Å². The van der Waals surface area contributed by atoms with E-state index in [0.717, 1.165) is 10.5 Å². The molecule has 0 aliphatic carbocycles. The molecular weight excluding hydrogens is 568 g/mol. The van der Waals surface area contributed by atoms with Crippen LogP contribution in [0.4, 0.5) is 17.1 Å². The van der Waals surface area contributed by atoms with Crippen molar-refractivity contribution in [2.24, 2.45) is 0 Å². The monoisotopic (exact) mass is 592 g/mol. The number of amides is 3. The lowest BCUT2D eigenvalue weighted by Gasteiger charge is -2.19. The number of carbonyl (C=O) groups is 3. The van der Waals surface area contributed by atoms with E-state index in [4.69, 9.17) is 27.6 Å². The fraction of sp³-hybridized carbons (Fsp3) is 0.0909. The average Bonchev–Trinajstić information content (AvgIpc) is 3.27. The van der Waals surface area contributed by atoms with Crippen LogP contribution in [0, 0.1) is 6.57 Å². The highest BCUT2D eigenvalue weighted by Crippen LogP contribution is 2.37. The fourth-order valence-electron chi connectivity index (χ4n) is 4.39. The number of nitrogens with zero attached hydrogens (tertiary/aromatic N) is 2. The SMILES string of the molecule is [C-]#[N+]/C(=C\Nc1ccc(N2C(=O)c3ccccc3C2=O)c(OCC)c1)C(=O)Nc1ccc(OCc2ccccc2)c(Cl)c1. The van der Waals surface area contributed by atoms with Crippen molar-refractivity contribution in [1.29, 1.82) is 0 Å². The van der Waals surface area contributed by atoms with Crippen LogP contribution >= 0.6 is 11.6 Å². The highest BCUT2D eigenvalue weighted by molar-refractivity contribution is 6.35. The minimum atomic E-state index is -0.649. The zero-order chi connectivity index (χ0) is 30.3. The van der Waals surface area contributed by atoms with Crippen LogP contribution in [0.2, 0.25) is 5.02 Å². The molecule has 0 atom stereocenters. The lowest BCUT2D eigenvalue weighted by molar-refractivity contribution is -0.112. The highest BCUT2D eigenvalue weighted by Gasteiger charge is 2.37. The minimum absolute atomic E-state index is 0.220. The third-order valence-corrected chi connectivity index (χ3v) is 6.75. The van der Waals surface area contributed by atoms with Crippen LogP contribution < -0.4 is 25.0 Å². The zero-order valence-corrected chi connectivity index (χ0v) is 23.7. The van der Waals surface area contributed by atoms with E-state index in [1.54, 1.807) is 67.6 Å². The molecule has 5 rings (SSSR count). The van der Waals surface area contributed by atoms with E-state index in [9.17, 15) is 14.4 Å². The number of carbonyl (C=O) groups excluding carboxylic acids is 3. The van der Waals surface area contributed by atoms with Gasteiger partial charge in [-0.2, -0.15) is 0 Å². The summed E-state index contributed by atoms with van der Waals surface area (Å²) < 4.78 is 11.5. The molecule has 1 aliphatic rings. The number of halogens is 1. The van der Waals surface area contributed by atoms with E-state index >= 15 is 0 Å². The Bertz CT molecular complexity index is 1750. The first-order valence-electron chi connectivity index (χ1n) is 13.3. The summed E-state index contributed by atoms with van der Waals surface area (Å²) in [6, 6.07) is 25.8. The number of anilines is 3. The Hall–Kier alpha value is -5.59. The van der Waals surface area contributed by atoms with Crippen LogP contribution in [-0.4, -0.2) is 24.3 Å². The van der Waals surface area contributed by atoms with Gasteiger partial charge < -0.3 is 20.1 Å². The van der Waals surface area contributed by atoms with Crippen LogP contribution in [0.3, 0.4) is 0 Å². The first kappa shape index (κ1) is 28.9. The van der Waals surface area contributed by atoms with E-state index in [1.165, 1.54) is 6.20 Å². The molecule has 0 radical (unpaired) electrons. The number of rotatable bonds is 10. The van der Waals surface area contributed by atoms with Gasteiger partial charge in [0.25, 0.3) is 23.4 Å². The number of ether oxygens (including phenoxy) is 2. The Labute approximate surface area is 253 Å². The fourth-order valence-corrected chi connectivity index (χ4v) is 4.63. The number of fused-ring (bicyclic) bond motifs is 1. The van der Waals surface area contributed by atoms with Gasteiger partial charge in [-0.05, 0) is 55.0 Å². The van der Waals surface area contributed by atoms with E-state index in [1.807, 2.05) is 30.3 Å². The van der Waals surface area contributed by atoms with E-state index in [0.29, 0.717) is 45.6 Å². The molecule has 214 valence electrons. The maximum atomic E-state index is 13.0. The molecule has 0 saturated heterocycles. The van der Waals surface area contributed by atoms with Gasteiger partial charge in [0.15, 0.2) is 0 Å². The lowest BCUT2D eigenvalue weighted by Crippen LogP contribution is -2.29. The van der Waals surface area contributed by atoms with Gasteiger partial charge in [0.05, 0.1) is 35.0 Å². The van der Waals surface area contributed by atoms with Crippen molar-refractivity contribution in [2.75, 3.05) is 22.1 Å². The second-order valence-corrected chi connectivity index (χ2v) is 9.67. The maximum absolute atomic E-state index is 13.0. The molecule has 10 heteroatoms. The van der Waals surface area contributed by atoms with Gasteiger partial charge in [-0.3, -0.25) is 14.4 Å². The van der Waals surface area contributed by atoms with Crippen LogP contribution in [0.15, 0.2) is 103 Å². The van der Waals surface area contributed by atoms with Gasteiger partial charge in [0.2, 0.25) is 0 Å². The van der Waals surface area contributed by atoms with E-state index < -0.39 is 17.7 Å². The van der Waals surface area contributed by atoms with Gasteiger partial charge in [-0.25, -0.2) is 9.74 Å². The van der Waals surface area contributed by atoms with Gasteiger partial charge in [-0.1, -0.05) is 54.1 Å². The zero-order valence-electron chi connectivity index (χ0n) is 23.0. The summed E-state index contributed by atoms with van der Waals surface area (Å²) in [5, 5.41) is 5.89. The van der Waals surface area contributed by atoms with Crippen LogP contribution in [0.5, 0.6) is 11.5 Å². The number of hydrogen-bond acceptors (Lipinski definition) is 6. The minimum Gasteiger partial charge on any atom is -0.492 e. The Balaban J connectivity index is 1.27. The van der Waals surface area contributed by atoms with E-state index in [2.05, 4.69) is 15.5 Å². The lowest BCUT2D eigenvalue weighted by atomic mass is 10.1. The van der Waals surface area contributed by atoms with Crippen molar-refractivity contribution in [3.8, 4) is 11.5 Å². The molecule has 0 unspecified atom stereocenters. The second-order valence-electron chi connectivity index (χ2n) is 9.27. The molecular formula is C33H25ClN4O5. The van der Waals surface area contributed by atoms with Crippen LogP contribution in [0.1, 0.15) is 33.2 Å². The first-order chi connectivity index (χ1) is 20.9. The maximum Gasteiger partial charge on any atom is 0.266 e. The van der Waals surface area contributed by atoms with Crippen LogP contribution in [0.25, 0.3) is 4.85 Å². The summed E-state index contributed by atoms with van der Waals surface area (Å²) in [4.78, 5) is 43.2. The molecule has 0 saturated carbocycles. The Morgan fingerprint density at radius 2 is 1.56 bits per heavy atom. The van der Waals surface area contributed by atoms with Gasteiger partial charge in [0, 0.05) is 23.6 Å². The molecule has 0 bridgehead atoms. The summed E-state index contributed by atoms with van der Waals surface area (Å²) in [6.45, 7) is 9.90. The van der Waals surface area contributed by atoms with Crippen molar-refractivity contribution in [2.45, 2.75) is 13.5 Å². The molecule has 1 heterocycles. The Kier molecular flexibility index (Phi) is 8.70. The Morgan fingerprint density at radius 1 is 0.884 bits per heavy atom. The predicted octanol–water partition coefficient (Wildman–Crippen LogP) is 6.93. The number of hydrogen-bond donors (Lipinski definition) is 2. The average molecular weight is 593 g/mol. The smallest absolute Gasteiger partial charge is 0.266 e. The van der Waals surface area contributed by atoms with Crippen molar-refractivity contribution in [3.05, 3.63) is 136 Å². The predicted molar refractivity (Wildman–Crippen MR) is 164 cm³/mol. The summed E-state index contributed by atoms with van der Waals surface area (Å²) in [6.07, 6.45) is 1.26. The van der Waals surface area contributed by atoms with Crippen molar-refractivity contribution < 1.29 is 23.9 Å². The van der Waals surface area contributed by atoms with Crippen molar-refractivity contribution >= 4 is 46.4 Å². The molecule has 3 amide bonds. The van der Waals surface area contributed by atoms with Gasteiger partial charge in [0.1, 0.15) is 18.1 Å². The normalized spacial score (nSPS) is 12.4. The van der Waals surface area contributed by atoms with Crippen LogP contribution in [-0.2, 0) is 11.4 Å². The number of imide groups is 1. The van der Waals surface area contributed by atoms with E-state index in [-0.39, 0.29) is 18.1 Å². The molecule has 9 nitrogen and oxygen atoms in total. The summed E-state index contributed by atoms with van der Waals surface area (Å²) >= 11 is 6.36. The molecule has 2 N–H and O–H groups in total. The highest BCUT2D eigenvalue weighted by atomic mass is 35.5. The standard InChI is InChI=1S/C33H25ClN4O5/c1-3-42-30-18-22(13-15-28(30)38-32(40)24-11-7-8-12-25(24)33(38)41)36-19-27(35-2)31(39)37-23-14-16-29(26(34)17-23)43-20-21-9-5-4-6-10-21/h4-19,36H,3,20H2,1H3,(H,37,39)/b27-19-. The molecule has 4 aromatic carbocycles. The summed E-state index contributed by atoms with van der Waals surface area (Å²) in [5.74, 6) is -0.784. The topological polar surface area (TPSA) is 101 Å². The third-order valence-electron chi connectivity index (χ3n) is 6.45. The Morgan fingerprint density at radius 3 is 2.21 bits per heavy atom. The molecule has 0 spiro atoms.